The van der Waals surface area contributed by atoms with Crippen LogP contribution in [0.2, 0.25) is 0 Å². The van der Waals surface area contributed by atoms with Gasteiger partial charge in [-0.1, -0.05) is 28.5 Å². The molecule has 15 heavy (non-hydrogen) atoms. The van der Waals surface area contributed by atoms with Crippen LogP contribution in [-0.4, -0.2) is 36.4 Å². The monoisotopic (exact) mass is 250 g/mol. The van der Waals surface area contributed by atoms with Crippen LogP contribution < -0.4 is 10.6 Å². The topological polar surface area (TPSA) is 58.2 Å². The summed E-state index contributed by atoms with van der Waals surface area (Å²) in [6.07, 6.45) is 0.542. The molecule has 0 aromatic carbocycles. The second-order valence-corrected chi connectivity index (χ2v) is 5.53. The summed E-state index contributed by atoms with van der Waals surface area (Å²) < 4.78 is 0. The summed E-state index contributed by atoms with van der Waals surface area (Å²) in [5, 5.41) is 5.52. The fourth-order valence-electron chi connectivity index (χ4n) is 0.744. The van der Waals surface area contributed by atoms with Crippen LogP contribution in [0.4, 0.5) is 0 Å². The molecule has 0 aliphatic heterocycles. The molecule has 0 aliphatic carbocycles. The van der Waals surface area contributed by atoms with Gasteiger partial charge in [-0.3, -0.25) is 9.59 Å². The SMILES string of the molecule is CCC(=O)NCCSSCCNC(C)=O. The molecule has 88 valence electrons. The van der Waals surface area contributed by atoms with Crippen molar-refractivity contribution in [3.63, 3.8) is 0 Å². The first-order valence-corrected chi connectivity index (χ1v) is 7.41. The van der Waals surface area contributed by atoms with Crippen molar-refractivity contribution in [3.8, 4) is 0 Å². The van der Waals surface area contributed by atoms with Gasteiger partial charge in [0.1, 0.15) is 0 Å². The van der Waals surface area contributed by atoms with Crippen LogP contribution in [0.3, 0.4) is 0 Å². The van der Waals surface area contributed by atoms with E-state index in [1.165, 1.54) is 6.92 Å². The van der Waals surface area contributed by atoms with Crippen molar-refractivity contribution >= 4 is 33.4 Å². The molecule has 0 bridgehead atoms. The average molecular weight is 250 g/mol. The minimum Gasteiger partial charge on any atom is -0.355 e. The Kier molecular flexibility index (Phi) is 9.92. The molecule has 0 unspecified atom stereocenters. The molecule has 0 aromatic heterocycles. The van der Waals surface area contributed by atoms with Crippen molar-refractivity contribution in [1.29, 1.82) is 0 Å². The normalized spacial score (nSPS) is 9.73. The van der Waals surface area contributed by atoms with Gasteiger partial charge in [0, 0.05) is 37.9 Å². The van der Waals surface area contributed by atoms with Crippen LogP contribution in [0.1, 0.15) is 20.3 Å². The van der Waals surface area contributed by atoms with E-state index in [4.69, 9.17) is 0 Å². The van der Waals surface area contributed by atoms with Gasteiger partial charge in [0.15, 0.2) is 0 Å². The number of rotatable bonds is 8. The number of carbonyl (C=O) groups excluding carboxylic acids is 2. The summed E-state index contributed by atoms with van der Waals surface area (Å²) in [5.41, 5.74) is 0. The van der Waals surface area contributed by atoms with E-state index in [1.807, 2.05) is 6.92 Å². The lowest BCUT2D eigenvalue weighted by Gasteiger charge is -2.03. The van der Waals surface area contributed by atoms with Crippen molar-refractivity contribution in [2.24, 2.45) is 0 Å². The minimum absolute atomic E-state index is 0.0100. The standard InChI is InChI=1S/C9H18N2O2S2/c1-3-9(13)11-5-7-15-14-6-4-10-8(2)12/h3-7H2,1-2H3,(H,10,12)(H,11,13). The first-order valence-electron chi connectivity index (χ1n) is 4.92. The molecule has 0 spiro atoms. The molecule has 0 heterocycles. The Labute approximate surface area is 98.7 Å². The maximum Gasteiger partial charge on any atom is 0.219 e. The lowest BCUT2D eigenvalue weighted by molar-refractivity contribution is -0.120. The van der Waals surface area contributed by atoms with E-state index < -0.39 is 0 Å². The van der Waals surface area contributed by atoms with Gasteiger partial charge < -0.3 is 10.6 Å². The highest BCUT2D eigenvalue weighted by atomic mass is 33.1. The van der Waals surface area contributed by atoms with E-state index in [1.54, 1.807) is 21.6 Å². The molecule has 6 heteroatoms. The molecule has 2 amide bonds. The zero-order valence-corrected chi connectivity index (χ0v) is 10.8. The fourth-order valence-corrected chi connectivity index (χ4v) is 2.56. The Morgan fingerprint density at radius 1 is 1.07 bits per heavy atom. The Bertz CT molecular complexity index is 201. The predicted molar refractivity (Wildman–Crippen MR) is 66.9 cm³/mol. The average Bonchev–Trinajstić information content (AvgIpc) is 2.21. The molecule has 0 saturated carbocycles. The Balaban J connectivity index is 3.05. The van der Waals surface area contributed by atoms with Gasteiger partial charge in [-0.2, -0.15) is 0 Å². The van der Waals surface area contributed by atoms with E-state index in [9.17, 15) is 9.59 Å². The molecule has 0 aliphatic rings. The van der Waals surface area contributed by atoms with E-state index in [2.05, 4.69) is 10.6 Å². The molecule has 0 atom stereocenters. The largest absolute Gasteiger partial charge is 0.355 e. The third-order valence-electron chi connectivity index (χ3n) is 1.47. The zero-order chi connectivity index (χ0) is 11.5. The first-order chi connectivity index (χ1) is 7.16. The second kappa shape index (κ2) is 10.2. The van der Waals surface area contributed by atoms with Crippen LogP contribution in [0.25, 0.3) is 0 Å². The van der Waals surface area contributed by atoms with E-state index in [0.29, 0.717) is 19.5 Å². The quantitative estimate of drug-likeness (QED) is 0.499. The zero-order valence-electron chi connectivity index (χ0n) is 9.17. The second-order valence-electron chi connectivity index (χ2n) is 2.83. The number of amides is 2. The van der Waals surface area contributed by atoms with Gasteiger partial charge in [0.25, 0.3) is 0 Å². The Morgan fingerprint density at radius 2 is 1.60 bits per heavy atom. The van der Waals surface area contributed by atoms with Gasteiger partial charge in [0.2, 0.25) is 11.8 Å². The van der Waals surface area contributed by atoms with Crippen molar-refractivity contribution in [1.82, 2.24) is 10.6 Å². The van der Waals surface area contributed by atoms with E-state index in [-0.39, 0.29) is 11.8 Å². The first kappa shape index (κ1) is 14.6. The van der Waals surface area contributed by atoms with Crippen molar-refractivity contribution < 1.29 is 9.59 Å². The summed E-state index contributed by atoms with van der Waals surface area (Å²) in [6, 6.07) is 0. The van der Waals surface area contributed by atoms with Crippen LogP contribution in [0.5, 0.6) is 0 Å². The maximum atomic E-state index is 10.8. The summed E-state index contributed by atoms with van der Waals surface area (Å²) >= 11 is 0. The van der Waals surface area contributed by atoms with Crippen molar-refractivity contribution in [2.45, 2.75) is 20.3 Å². The van der Waals surface area contributed by atoms with Gasteiger partial charge in [-0.25, -0.2) is 0 Å². The third kappa shape index (κ3) is 11.6. The Morgan fingerprint density at radius 3 is 2.07 bits per heavy atom. The van der Waals surface area contributed by atoms with Gasteiger partial charge in [-0.05, 0) is 0 Å². The molecule has 0 aromatic rings. The van der Waals surface area contributed by atoms with Gasteiger partial charge in [-0.15, -0.1) is 0 Å². The lowest BCUT2D eigenvalue weighted by atomic mass is 10.4. The molecule has 0 rings (SSSR count). The van der Waals surface area contributed by atoms with Crippen LogP contribution in [0.15, 0.2) is 0 Å². The summed E-state index contributed by atoms with van der Waals surface area (Å²) in [5.74, 6) is 1.90. The van der Waals surface area contributed by atoms with Crippen LogP contribution in [-0.2, 0) is 9.59 Å². The maximum absolute atomic E-state index is 10.8. The predicted octanol–water partition coefficient (Wildman–Crippen LogP) is 1.03. The molecular weight excluding hydrogens is 232 g/mol. The summed E-state index contributed by atoms with van der Waals surface area (Å²) in [6.45, 7) is 4.77. The number of hydrogen-bond donors (Lipinski definition) is 2. The molecule has 0 radical (unpaired) electrons. The molecule has 4 nitrogen and oxygen atoms in total. The number of carbonyl (C=O) groups is 2. The number of hydrogen-bond acceptors (Lipinski definition) is 4. The highest BCUT2D eigenvalue weighted by Crippen LogP contribution is 2.19. The fraction of sp³-hybridized carbons (Fsp3) is 0.778. The summed E-state index contributed by atoms with van der Waals surface area (Å²) in [7, 11) is 3.41. The minimum atomic E-state index is 0.0100. The van der Waals surface area contributed by atoms with Crippen LogP contribution >= 0.6 is 21.6 Å². The Hall–Kier alpha value is -0.360. The molecule has 0 fully saturated rings. The van der Waals surface area contributed by atoms with E-state index >= 15 is 0 Å². The molecule has 0 saturated heterocycles. The smallest absolute Gasteiger partial charge is 0.219 e. The third-order valence-corrected chi connectivity index (χ3v) is 3.88. The van der Waals surface area contributed by atoms with E-state index in [0.717, 1.165) is 11.5 Å². The van der Waals surface area contributed by atoms with Crippen molar-refractivity contribution in [2.75, 3.05) is 24.6 Å². The molecule has 2 N–H and O–H groups in total. The highest BCUT2D eigenvalue weighted by Gasteiger charge is 1.96. The van der Waals surface area contributed by atoms with Gasteiger partial charge >= 0.3 is 0 Å². The van der Waals surface area contributed by atoms with Gasteiger partial charge in [0.05, 0.1) is 0 Å². The number of nitrogens with one attached hydrogen (secondary N) is 2. The lowest BCUT2D eigenvalue weighted by Crippen LogP contribution is -2.24. The summed E-state index contributed by atoms with van der Waals surface area (Å²) in [4.78, 5) is 21.4. The molecular formula is C9H18N2O2S2. The van der Waals surface area contributed by atoms with Crippen molar-refractivity contribution in [3.05, 3.63) is 0 Å². The highest BCUT2D eigenvalue weighted by molar-refractivity contribution is 8.76. The van der Waals surface area contributed by atoms with Crippen LogP contribution in [0, 0.1) is 0 Å².